The van der Waals surface area contributed by atoms with Gasteiger partial charge in [-0.2, -0.15) is 0 Å². The van der Waals surface area contributed by atoms with Gasteiger partial charge < -0.3 is 10.2 Å². The SMILES string of the molecule is CCCC(CC)NC1CCN(CC)C(C)C1. The lowest BCUT2D eigenvalue weighted by atomic mass is 9.96. The fraction of sp³-hybridized carbons (Fsp3) is 1.00. The first-order valence-corrected chi connectivity index (χ1v) is 7.21. The van der Waals surface area contributed by atoms with Crippen LogP contribution < -0.4 is 5.32 Å². The largest absolute Gasteiger partial charge is 0.311 e. The molecule has 0 aromatic carbocycles. The lowest BCUT2D eigenvalue weighted by molar-refractivity contribution is 0.137. The number of hydrogen-bond donors (Lipinski definition) is 1. The Balaban J connectivity index is 2.33. The summed E-state index contributed by atoms with van der Waals surface area (Å²) in [5.74, 6) is 0. The van der Waals surface area contributed by atoms with Crippen LogP contribution in [0.25, 0.3) is 0 Å². The molecule has 0 aromatic rings. The Kier molecular flexibility index (Phi) is 6.37. The second-order valence-electron chi connectivity index (χ2n) is 5.26. The summed E-state index contributed by atoms with van der Waals surface area (Å²) in [5.41, 5.74) is 0. The molecule has 2 nitrogen and oxygen atoms in total. The smallest absolute Gasteiger partial charge is 0.00966 e. The van der Waals surface area contributed by atoms with Crippen LogP contribution in [-0.2, 0) is 0 Å². The van der Waals surface area contributed by atoms with Crippen LogP contribution in [0.2, 0.25) is 0 Å². The highest BCUT2D eigenvalue weighted by molar-refractivity contribution is 4.84. The molecule has 1 fully saturated rings. The van der Waals surface area contributed by atoms with Crippen molar-refractivity contribution in [2.75, 3.05) is 13.1 Å². The van der Waals surface area contributed by atoms with Crippen LogP contribution in [0.3, 0.4) is 0 Å². The normalized spacial score (nSPS) is 29.2. The summed E-state index contributed by atoms with van der Waals surface area (Å²) in [7, 11) is 0. The lowest BCUT2D eigenvalue weighted by Crippen LogP contribution is -2.49. The van der Waals surface area contributed by atoms with E-state index in [1.807, 2.05) is 0 Å². The van der Waals surface area contributed by atoms with Gasteiger partial charge in [0, 0.05) is 18.1 Å². The molecule has 96 valence electrons. The van der Waals surface area contributed by atoms with E-state index in [0.717, 1.165) is 18.1 Å². The molecule has 1 aliphatic rings. The number of nitrogens with one attached hydrogen (secondary N) is 1. The average Bonchev–Trinajstić information content (AvgIpc) is 2.28. The van der Waals surface area contributed by atoms with Crippen molar-refractivity contribution in [2.45, 2.75) is 77.9 Å². The summed E-state index contributed by atoms with van der Waals surface area (Å²) < 4.78 is 0. The summed E-state index contributed by atoms with van der Waals surface area (Å²) >= 11 is 0. The van der Waals surface area contributed by atoms with Gasteiger partial charge in [-0.25, -0.2) is 0 Å². The average molecular weight is 226 g/mol. The highest BCUT2D eigenvalue weighted by atomic mass is 15.2. The van der Waals surface area contributed by atoms with E-state index in [9.17, 15) is 0 Å². The Morgan fingerprint density at radius 2 is 2.06 bits per heavy atom. The molecule has 0 spiro atoms. The van der Waals surface area contributed by atoms with Crippen molar-refractivity contribution < 1.29 is 0 Å². The van der Waals surface area contributed by atoms with Gasteiger partial charge in [0.05, 0.1) is 0 Å². The van der Waals surface area contributed by atoms with Crippen molar-refractivity contribution in [3.63, 3.8) is 0 Å². The highest BCUT2D eigenvalue weighted by Gasteiger charge is 2.25. The van der Waals surface area contributed by atoms with Crippen molar-refractivity contribution >= 4 is 0 Å². The second kappa shape index (κ2) is 7.29. The van der Waals surface area contributed by atoms with Crippen LogP contribution >= 0.6 is 0 Å². The van der Waals surface area contributed by atoms with E-state index < -0.39 is 0 Å². The minimum absolute atomic E-state index is 0.746. The van der Waals surface area contributed by atoms with Crippen LogP contribution in [0.4, 0.5) is 0 Å². The first kappa shape index (κ1) is 14.0. The van der Waals surface area contributed by atoms with Gasteiger partial charge in [-0.05, 0) is 45.7 Å². The van der Waals surface area contributed by atoms with Gasteiger partial charge in [0.25, 0.3) is 0 Å². The fourth-order valence-electron chi connectivity index (χ4n) is 2.93. The first-order chi connectivity index (χ1) is 7.71. The Morgan fingerprint density at radius 1 is 1.31 bits per heavy atom. The van der Waals surface area contributed by atoms with Crippen molar-refractivity contribution in [2.24, 2.45) is 0 Å². The maximum absolute atomic E-state index is 3.85. The number of piperidine rings is 1. The molecule has 1 N–H and O–H groups in total. The topological polar surface area (TPSA) is 15.3 Å². The van der Waals surface area contributed by atoms with Crippen LogP contribution in [0.5, 0.6) is 0 Å². The molecule has 1 aliphatic heterocycles. The Labute approximate surface area is 102 Å². The van der Waals surface area contributed by atoms with Gasteiger partial charge in [0.15, 0.2) is 0 Å². The van der Waals surface area contributed by atoms with E-state index in [2.05, 4.69) is 37.9 Å². The minimum atomic E-state index is 0.746. The van der Waals surface area contributed by atoms with Crippen molar-refractivity contribution in [1.82, 2.24) is 10.2 Å². The van der Waals surface area contributed by atoms with Gasteiger partial charge in [-0.1, -0.05) is 27.2 Å². The Hall–Kier alpha value is -0.0800. The van der Waals surface area contributed by atoms with Crippen molar-refractivity contribution in [3.8, 4) is 0 Å². The Morgan fingerprint density at radius 3 is 2.56 bits per heavy atom. The molecule has 0 saturated carbocycles. The maximum atomic E-state index is 3.85. The quantitative estimate of drug-likeness (QED) is 0.749. The van der Waals surface area contributed by atoms with E-state index in [0.29, 0.717) is 0 Å². The third-order valence-corrected chi connectivity index (χ3v) is 4.02. The fourth-order valence-corrected chi connectivity index (χ4v) is 2.93. The molecule has 1 heterocycles. The predicted octanol–water partition coefficient (Wildman–Crippen LogP) is 3.03. The number of nitrogens with zero attached hydrogens (tertiary/aromatic N) is 1. The van der Waals surface area contributed by atoms with Crippen molar-refractivity contribution in [1.29, 1.82) is 0 Å². The number of likely N-dealkylation sites (tertiary alicyclic amines) is 1. The zero-order chi connectivity index (χ0) is 12.0. The van der Waals surface area contributed by atoms with Gasteiger partial charge in [0.1, 0.15) is 0 Å². The summed E-state index contributed by atoms with van der Waals surface area (Å²) in [5, 5.41) is 3.85. The molecule has 3 unspecified atom stereocenters. The molecule has 2 heteroatoms. The molecule has 1 saturated heterocycles. The van der Waals surface area contributed by atoms with Crippen LogP contribution in [0.15, 0.2) is 0 Å². The summed E-state index contributed by atoms with van der Waals surface area (Å²) in [6, 6.07) is 2.26. The monoisotopic (exact) mass is 226 g/mol. The number of rotatable bonds is 6. The molecule has 16 heavy (non-hydrogen) atoms. The number of hydrogen-bond acceptors (Lipinski definition) is 2. The molecule has 0 amide bonds. The molecule has 3 atom stereocenters. The zero-order valence-corrected chi connectivity index (χ0v) is 11.6. The van der Waals surface area contributed by atoms with E-state index in [4.69, 9.17) is 0 Å². The zero-order valence-electron chi connectivity index (χ0n) is 11.6. The first-order valence-electron chi connectivity index (χ1n) is 7.21. The van der Waals surface area contributed by atoms with Crippen LogP contribution in [0.1, 0.15) is 59.8 Å². The summed E-state index contributed by atoms with van der Waals surface area (Å²) in [4.78, 5) is 2.60. The lowest BCUT2D eigenvalue weighted by Gasteiger charge is -2.38. The Bertz CT molecular complexity index is 182. The van der Waals surface area contributed by atoms with Gasteiger partial charge >= 0.3 is 0 Å². The van der Waals surface area contributed by atoms with Gasteiger partial charge in [-0.3, -0.25) is 0 Å². The van der Waals surface area contributed by atoms with Crippen LogP contribution in [0, 0.1) is 0 Å². The van der Waals surface area contributed by atoms with Crippen molar-refractivity contribution in [3.05, 3.63) is 0 Å². The molecule has 0 bridgehead atoms. The van der Waals surface area contributed by atoms with E-state index in [1.165, 1.54) is 45.2 Å². The third-order valence-electron chi connectivity index (χ3n) is 4.02. The summed E-state index contributed by atoms with van der Waals surface area (Å²) in [6.45, 7) is 11.7. The predicted molar refractivity (Wildman–Crippen MR) is 71.9 cm³/mol. The molecule has 0 aromatic heterocycles. The van der Waals surface area contributed by atoms with E-state index >= 15 is 0 Å². The molecular formula is C14H30N2. The van der Waals surface area contributed by atoms with Crippen LogP contribution in [-0.4, -0.2) is 36.1 Å². The van der Waals surface area contributed by atoms with E-state index in [-0.39, 0.29) is 0 Å². The molecular weight excluding hydrogens is 196 g/mol. The second-order valence-corrected chi connectivity index (χ2v) is 5.26. The van der Waals surface area contributed by atoms with Gasteiger partial charge in [0.2, 0.25) is 0 Å². The summed E-state index contributed by atoms with van der Waals surface area (Å²) in [6.07, 6.45) is 6.57. The maximum Gasteiger partial charge on any atom is 0.00966 e. The third kappa shape index (κ3) is 4.06. The molecule has 1 rings (SSSR count). The standard InChI is InChI=1S/C14H30N2/c1-5-8-13(6-2)15-14-9-10-16(7-3)12(4)11-14/h12-15H,5-11H2,1-4H3. The van der Waals surface area contributed by atoms with E-state index in [1.54, 1.807) is 0 Å². The van der Waals surface area contributed by atoms with Gasteiger partial charge in [-0.15, -0.1) is 0 Å². The molecule has 0 aliphatic carbocycles. The minimum Gasteiger partial charge on any atom is -0.311 e. The highest BCUT2D eigenvalue weighted by Crippen LogP contribution is 2.18. The molecule has 0 radical (unpaired) electrons.